The number of ether oxygens (including phenoxy) is 2. The van der Waals surface area contributed by atoms with Crippen LogP contribution in [0.15, 0.2) is 30.4 Å². The van der Waals surface area contributed by atoms with Gasteiger partial charge in [-0.05, 0) is 56.4 Å². The van der Waals surface area contributed by atoms with E-state index in [1.807, 2.05) is 19.9 Å². The van der Waals surface area contributed by atoms with Crippen LogP contribution in [0.25, 0.3) is 0 Å². The summed E-state index contributed by atoms with van der Waals surface area (Å²) >= 11 is 0. The summed E-state index contributed by atoms with van der Waals surface area (Å²) in [5.41, 5.74) is 2.52. The number of aliphatic hydroxyl groups excluding tert-OH is 1. The molecule has 8 nitrogen and oxygen atoms in total. The highest BCUT2D eigenvalue weighted by Gasteiger charge is 2.44. The maximum Gasteiger partial charge on any atom is 0.294 e. The van der Waals surface area contributed by atoms with Crippen LogP contribution in [0, 0.1) is 33.8 Å². The van der Waals surface area contributed by atoms with Gasteiger partial charge in [-0.3, -0.25) is 0 Å². The third-order valence-electron chi connectivity index (χ3n) is 6.60. The van der Waals surface area contributed by atoms with Crippen LogP contribution in [0.3, 0.4) is 0 Å². The molecule has 1 aromatic carbocycles. The lowest BCUT2D eigenvalue weighted by Gasteiger charge is -2.17. The van der Waals surface area contributed by atoms with Crippen LogP contribution in [0.5, 0.6) is 5.75 Å². The minimum absolute atomic E-state index is 0.112. The van der Waals surface area contributed by atoms with Crippen LogP contribution in [0.2, 0.25) is 0 Å². The molecule has 1 aliphatic carbocycles. The topological polar surface area (TPSA) is 108 Å². The number of allylic oxidation sites excluding steroid dienone is 1. The van der Waals surface area contributed by atoms with Crippen LogP contribution in [-0.4, -0.2) is 49.0 Å². The number of benzene rings is 1. The molecule has 5 atom stereocenters. The van der Waals surface area contributed by atoms with Crippen molar-refractivity contribution >= 4 is 6.29 Å². The van der Waals surface area contributed by atoms with E-state index in [0.29, 0.717) is 31.3 Å². The first-order chi connectivity index (χ1) is 17.4. The second-order valence-corrected chi connectivity index (χ2v) is 9.20. The predicted octanol–water partition coefficient (Wildman–Crippen LogP) is 4.66. The van der Waals surface area contributed by atoms with Crippen LogP contribution in [-0.2, 0) is 20.8 Å². The second kappa shape index (κ2) is 16.0. The maximum atomic E-state index is 10.6. The normalized spacial score (nSPS) is 21.2. The fourth-order valence-electron chi connectivity index (χ4n) is 4.68. The molecule has 0 bridgehead atoms. The van der Waals surface area contributed by atoms with E-state index in [2.05, 4.69) is 45.7 Å². The molecule has 36 heavy (non-hydrogen) atoms. The smallest absolute Gasteiger partial charge is 0.294 e. The molecule has 0 spiro atoms. The Morgan fingerprint density at radius 2 is 2.11 bits per heavy atom. The number of carbonyl (C=O) groups excluding carboxylic acids is 1. The Balaban J connectivity index is 0.000000434. The Kier molecular flexibility index (Phi) is 13.0. The Morgan fingerprint density at radius 1 is 1.31 bits per heavy atom. The van der Waals surface area contributed by atoms with Crippen molar-refractivity contribution in [2.45, 2.75) is 76.9 Å². The van der Waals surface area contributed by atoms with Gasteiger partial charge in [0.1, 0.15) is 18.1 Å². The van der Waals surface area contributed by atoms with Crippen molar-refractivity contribution in [3.63, 3.8) is 0 Å². The van der Waals surface area contributed by atoms with E-state index in [-0.39, 0.29) is 18.6 Å². The molecular formula is C28H39NO7. The van der Waals surface area contributed by atoms with Gasteiger partial charge >= 0.3 is 0 Å². The highest BCUT2D eigenvalue weighted by Crippen LogP contribution is 2.51. The van der Waals surface area contributed by atoms with Gasteiger partial charge in [-0.2, -0.15) is 0 Å². The molecule has 1 aliphatic heterocycles. The van der Waals surface area contributed by atoms with E-state index in [4.69, 9.17) is 4.74 Å². The SMILES string of the molecule is CC#CCC(C)C(O)/C=C/C1CCC2Oc3c(CCCC=O)cccc3C12.COCCCO[N+](=O)[O-]. The Bertz CT molecular complexity index is 920. The number of rotatable bonds is 13. The zero-order valence-corrected chi connectivity index (χ0v) is 21.6. The molecule has 0 saturated heterocycles. The summed E-state index contributed by atoms with van der Waals surface area (Å²) in [6.45, 7) is 4.48. The standard InChI is InChI=1S/C24H30O3.C4H9NO4/c1-3-4-8-17(2)21(26)14-12-18-13-15-22-23(18)20-11-7-10-19(24(20)27-22)9-5-6-16-25;1-8-3-2-4-9-5(6)7/h7,10-12,14,16-18,21-23,26H,5-6,8-9,13,15H2,1-2H3;2-4H2,1H3/b14-12+;. The molecule has 1 N–H and O–H groups in total. The summed E-state index contributed by atoms with van der Waals surface area (Å²) in [5.74, 6) is 7.91. The summed E-state index contributed by atoms with van der Waals surface area (Å²) < 4.78 is 10.9. The molecule has 1 aromatic rings. The molecule has 1 saturated carbocycles. The molecule has 5 unspecified atom stereocenters. The Morgan fingerprint density at radius 3 is 2.81 bits per heavy atom. The fourth-order valence-corrected chi connectivity index (χ4v) is 4.68. The van der Waals surface area contributed by atoms with E-state index >= 15 is 0 Å². The molecule has 2 aliphatic rings. The van der Waals surface area contributed by atoms with Gasteiger partial charge in [0.05, 0.1) is 12.7 Å². The highest BCUT2D eigenvalue weighted by atomic mass is 16.9. The van der Waals surface area contributed by atoms with Gasteiger partial charge in [-0.25, -0.2) is 0 Å². The quantitative estimate of drug-likeness (QED) is 0.105. The molecule has 8 heteroatoms. The molecule has 0 aromatic heterocycles. The first kappa shape index (κ1) is 29.3. The van der Waals surface area contributed by atoms with E-state index < -0.39 is 11.2 Å². The van der Waals surface area contributed by atoms with Crippen LogP contribution >= 0.6 is 0 Å². The van der Waals surface area contributed by atoms with Gasteiger partial charge in [-0.1, -0.05) is 37.3 Å². The maximum absolute atomic E-state index is 10.6. The van der Waals surface area contributed by atoms with Gasteiger partial charge in [0.25, 0.3) is 5.09 Å². The minimum Gasteiger partial charge on any atom is -0.489 e. The molecule has 0 radical (unpaired) electrons. The summed E-state index contributed by atoms with van der Waals surface area (Å²) in [5, 5.41) is 19.1. The predicted molar refractivity (Wildman–Crippen MR) is 137 cm³/mol. The summed E-state index contributed by atoms with van der Waals surface area (Å²) in [7, 11) is 1.53. The number of hydrogen-bond acceptors (Lipinski definition) is 7. The average molecular weight is 502 g/mol. The van der Waals surface area contributed by atoms with E-state index in [9.17, 15) is 20.0 Å². The van der Waals surface area contributed by atoms with E-state index in [1.165, 1.54) is 18.2 Å². The minimum atomic E-state index is -0.810. The number of unbranched alkanes of at least 4 members (excludes halogenated alkanes) is 1. The lowest BCUT2D eigenvalue weighted by molar-refractivity contribution is -0.757. The van der Waals surface area contributed by atoms with Gasteiger partial charge in [0, 0.05) is 38.0 Å². The largest absolute Gasteiger partial charge is 0.489 e. The number of para-hydroxylation sites is 1. The fraction of sp³-hybridized carbons (Fsp3) is 0.607. The van der Waals surface area contributed by atoms with Crippen molar-refractivity contribution in [2.24, 2.45) is 11.8 Å². The van der Waals surface area contributed by atoms with Gasteiger partial charge in [0.15, 0.2) is 0 Å². The molecule has 198 valence electrons. The average Bonchev–Trinajstić information content (AvgIpc) is 3.44. The Labute approximate surface area is 214 Å². The van der Waals surface area contributed by atoms with Crippen molar-refractivity contribution in [2.75, 3.05) is 20.3 Å². The number of fused-ring (bicyclic) bond motifs is 3. The number of hydrogen-bond donors (Lipinski definition) is 1. The lowest BCUT2D eigenvalue weighted by atomic mass is 9.86. The second-order valence-electron chi connectivity index (χ2n) is 9.20. The van der Waals surface area contributed by atoms with Gasteiger partial charge in [-0.15, -0.1) is 22.0 Å². The summed E-state index contributed by atoms with van der Waals surface area (Å²) in [6, 6.07) is 6.42. The van der Waals surface area contributed by atoms with Crippen LogP contribution in [0.4, 0.5) is 0 Å². The monoisotopic (exact) mass is 501 g/mol. The van der Waals surface area contributed by atoms with Crippen LogP contribution in [0.1, 0.15) is 69.4 Å². The van der Waals surface area contributed by atoms with Crippen molar-refractivity contribution in [1.82, 2.24) is 0 Å². The first-order valence-electron chi connectivity index (χ1n) is 12.7. The van der Waals surface area contributed by atoms with Gasteiger partial charge < -0.3 is 24.2 Å². The molecule has 1 fully saturated rings. The third kappa shape index (κ3) is 8.96. The third-order valence-corrected chi connectivity index (χ3v) is 6.60. The molecule has 0 amide bonds. The molecular weight excluding hydrogens is 462 g/mol. The first-order valence-corrected chi connectivity index (χ1v) is 12.7. The number of nitrogens with zero attached hydrogens (tertiary/aromatic N) is 1. The summed E-state index contributed by atoms with van der Waals surface area (Å²) in [6.07, 6.45) is 10.7. The number of methoxy groups -OCH3 is 1. The zero-order valence-electron chi connectivity index (χ0n) is 21.6. The van der Waals surface area contributed by atoms with E-state index in [1.54, 1.807) is 0 Å². The van der Waals surface area contributed by atoms with Crippen molar-refractivity contribution in [1.29, 1.82) is 0 Å². The number of aldehydes is 1. The number of aliphatic hydroxyl groups is 1. The molecule has 1 heterocycles. The molecule has 3 rings (SSSR count). The highest BCUT2D eigenvalue weighted by molar-refractivity contribution is 5.51. The van der Waals surface area contributed by atoms with Crippen molar-refractivity contribution in [3.05, 3.63) is 51.6 Å². The van der Waals surface area contributed by atoms with E-state index in [0.717, 1.165) is 44.1 Å². The van der Waals surface area contributed by atoms with Crippen LogP contribution < -0.4 is 4.74 Å². The van der Waals surface area contributed by atoms with Crippen molar-refractivity contribution < 1.29 is 29.3 Å². The zero-order chi connectivity index (χ0) is 26.3. The van der Waals surface area contributed by atoms with Crippen molar-refractivity contribution in [3.8, 4) is 17.6 Å². The number of aryl methyl sites for hydroxylation is 1. The lowest BCUT2D eigenvalue weighted by Crippen LogP contribution is -2.17. The Hall–Kier alpha value is -2.89. The summed E-state index contributed by atoms with van der Waals surface area (Å²) in [4.78, 5) is 24.1. The van der Waals surface area contributed by atoms with Gasteiger partial charge in [0.2, 0.25) is 0 Å². The number of carbonyl (C=O) groups is 1.